The Morgan fingerprint density at radius 2 is 2.23 bits per heavy atom. The van der Waals surface area contributed by atoms with Crippen molar-refractivity contribution in [1.29, 1.82) is 0 Å². The van der Waals surface area contributed by atoms with Crippen molar-refractivity contribution in [3.63, 3.8) is 0 Å². The van der Waals surface area contributed by atoms with Gasteiger partial charge in [-0.2, -0.15) is 0 Å². The number of aliphatic imine (C=N–C) groups is 1. The quantitative estimate of drug-likeness (QED) is 0.652. The third-order valence-corrected chi connectivity index (χ3v) is 4.89. The van der Waals surface area contributed by atoms with Gasteiger partial charge in [0.25, 0.3) is 0 Å². The van der Waals surface area contributed by atoms with Gasteiger partial charge in [0.2, 0.25) is 0 Å². The van der Waals surface area contributed by atoms with Crippen molar-refractivity contribution in [2.24, 2.45) is 12.0 Å². The summed E-state index contributed by atoms with van der Waals surface area (Å²) in [5.41, 5.74) is 1.33. The second-order valence-corrected chi connectivity index (χ2v) is 6.69. The van der Waals surface area contributed by atoms with E-state index in [-0.39, 0.29) is 0 Å². The molecule has 0 unspecified atom stereocenters. The molecule has 0 amide bonds. The zero-order valence-corrected chi connectivity index (χ0v) is 14.1. The highest BCUT2D eigenvalue weighted by Crippen LogP contribution is 2.19. The van der Waals surface area contributed by atoms with Crippen molar-refractivity contribution in [3.8, 4) is 0 Å². The molecule has 3 rings (SSSR count). The predicted molar refractivity (Wildman–Crippen MR) is 88.9 cm³/mol. The minimum Gasteiger partial charge on any atom is -0.354 e. The van der Waals surface area contributed by atoms with Crippen LogP contribution >= 0.6 is 11.3 Å². The van der Waals surface area contributed by atoms with Crippen LogP contribution in [-0.4, -0.2) is 26.8 Å². The van der Waals surface area contributed by atoms with Gasteiger partial charge in [-0.3, -0.25) is 0 Å². The van der Waals surface area contributed by atoms with Gasteiger partial charge in [-0.25, -0.2) is 4.99 Å². The molecule has 0 spiro atoms. The minimum atomic E-state index is 0.531. The van der Waals surface area contributed by atoms with E-state index in [0.717, 1.165) is 24.2 Å². The van der Waals surface area contributed by atoms with Crippen LogP contribution in [0.1, 0.15) is 34.9 Å². The first-order valence-electron chi connectivity index (χ1n) is 7.56. The van der Waals surface area contributed by atoms with E-state index in [0.29, 0.717) is 12.6 Å². The Morgan fingerprint density at radius 3 is 2.82 bits per heavy atom. The molecule has 7 heteroatoms. The molecule has 0 aliphatic heterocycles. The molecule has 1 aliphatic carbocycles. The fraction of sp³-hybridized carbons (Fsp3) is 0.533. The molecular weight excluding hydrogens is 296 g/mol. The maximum atomic E-state index is 4.65. The first-order chi connectivity index (χ1) is 10.6. The number of guanidine groups is 1. The average Bonchev–Trinajstić information content (AvgIpc) is 3.15. The highest BCUT2D eigenvalue weighted by Gasteiger charge is 2.22. The maximum Gasteiger partial charge on any atom is 0.192 e. The van der Waals surface area contributed by atoms with Crippen LogP contribution in [0.15, 0.2) is 16.4 Å². The minimum absolute atomic E-state index is 0.531. The number of aryl methyl sites for hydroxylation is 2. The fourth-order valence-corrected chi connectivity index (χ4v) is 2.91. The van der Waals surface area contributed by atoms with Crippen molar-refractivity contribution in [2.75, 3.05) is 0 Å². The van der Waals surface area contributed by atoms with E-state index >= 15 is 0 Å². The SMILES string of the molecule is Cc1ccsc1CNC(=NCc1nnc(C)n1C)NC1CC1. The van der Waals surface area contributed by atoms with E-state index in [1.807, 2.05) is 18.5 Å². The molecule has 0 saturated heterocycles. The van der Waals surface area contributed by atoms with Gasteiger partial charge in [0.15, 0.2) is 11.8 Å². The average molecular weight is 318 g/mol. The molecule has 1 aliphatic rings. The van der Waals surface area contributed by atoms with Gasteiger partial charge in [0.1, 0.15) is 12.4 Å². The molecule has 2 N–H and O–H groups in total. The van der Waals surface area contributed by atoms with E-state index in [1.54, 1.807) is 11.3 Å². The molecule has 1 saturated carbocycles. The first-order valence-corrected chi connectivity index (χ1v) is 8.44. The molecule has 2 heterocycles. The molecule has 0 bridgehead atoms. The van der Waals surface area contributed by atoms with Gasteiger partial charge in [-0.05, 0) is 43.7 Å². The van der Waals surface area contributed by atoms with Gasteiger partial charge in [-0.15, -0.1) is 21.5 Å². The summed E-state index contributed by atoms with van der Waals surface area (Å²) in [6.07, 6.45) is 2.45. The molecule has 6 nitrogen and oxygen atoms in total. The Kier molecular flexibility index (Phi) is 4.42. The van der Waals surface area contributed by atoms with E-state index in [4.69, 9.17) is 0 Å². The molecule has 0 radical (unpaired) electrons. The van der Waals surface area contributed by atoms with Gasteiger partial charge in [-0.1, -0.05) is 0 Å². The number of aromatic nitrogens is 3. The predicted octanol–water partition coefficient (Wildman–Crippen LogP) is 1.89. The molecule has 2 aromatic heterocycles. The highest BCUT2D eigenvalue weighted by molar-refractivity contribution is 7.10. The summed E-state index contributed by atoms with van der Waals surface area (Å²) >= 11 is 1.77. The van der Waals surface area contributed by atoms with Crippen molar-refractivity contribution in [2.45, 2.75) is 45.8 Å². The Hall–Kier alpha value is -1.89. The number of hydrogen-bond donors (Lipinski definition) is 2. The maximum absolute atomic E-state index is 4.65. The summed E-state index contributed by atoms with van der Waals surface area (Å²) < 4.78 is 1.97. The number of nitrogens with zero attached hydrogens (tertiary/aromatic N) is 4. The topological polar surface area (TPSA) is 67.1 Å². The van der Waals surface area contributed by atoms with Gasteiger partial charge in [0, 0.05) is 18.0 Å². The fourth-order valence-electron chi connectivity index (χ4n) is 2.06. The molecule has 2 aromatic rings. The summed E-state index contributed by atoms with van der Waals surface area (Å²) in [7, 11) is 1.97. The Morgan fingerprint density at radius 1 is 1.41 bits per heavy atom. The van der Waals surface area contributed by atoms with Crippen LogP contribution in [0.3, 0.4) is 0 Å². The molecule has 1 fully saturated rings. The number of rotatable bonds is 5. The van der Waals surface area contributed by atoms with E-state index < -0.39 is 0 Å². The second-order valence-electron chi connectivity index (χ2n) is 5.69. The second kappa shape index (κ2) is 6.48. The lowest BCUT2D eigenvalue weighted by Crippen LogP contribution is -2.38. The van der Waals surface area contributed by atoms with Gasteiger partial charge < -0.3 is 15.2 Å². The number of hydrogen-bond acceptors (Lipinski definition) is 4. The van der Waals surface area contributed by atoms with E-state index in [2.05, 4.69) is 44.2 Å². The van der Waals surface area contributed by atoms with Crippen LogP contribution in [-0.2, 0) is 20.1 Å². The van der Waals surface area contributed by atoms with Gasteiger partial charge >= 0.3 is 0 Å². The molecule has 0 atom stereocenters. The summed E-state index contributed by atoms with van der Waals surface area (Å²) in [4.78, 5) is 6.00. The third-order valence-electron chi connectivity index (χ3n) is 3.86. The van der Waals surface area contributed by atoms with Crippen LogP contribution in [0.4, 0.5) is 0 Å². The molecule has 0 aromatic carbocycles. The monoisotopic (exact) mass is 318 g/mol. The molecular formula is C15H22N6S. The zero-order valence-electron chi connectivity index (χ0n) is 13.3. The van der Waals surface area contributed by atoms with E-state index in [9.17, 15) is 0 Å². The largest absolute Gasteiger partial charge is 0.354 e. The van der Waals surface area contributed by atoms with Crippen LogP contribution in [0.2, 0.25) is 0 Å². The molecule has 118 valence electrons. The van der Waals surface area contributed by atoms with Crippen molar-refractivity contribution < 1.29 is 0 Å². The summed E-state index contributed by atoms with van der Waals surface area (Å²) in [5, 5.41) is 17.2. The zero-order chi connectivity index (χ0) is 15.5. The smallest absolute Gasteiger partial charge is 0.192 e. The van der Waals surface area contributed by atoms with Crippen LogP contribution in [0, 0.1) is 13.8 Å². The Balaban J connectivity index is 1.64. The van der Waals surface area contributed by atoms with E-state index in [1.165, 1.54) is 23.3 Å². The Bertz CT molecular complexity index is 667. The molecule has 22 heavy (non-hydrogen) atoms. The normalized spacial score (nSPS) is 15.1. The lowest BCUT2D eigenvalue weighted by atomic mass is 10.3. The van der Waals surface area contributed by atoms with Gasteiger partial charge in [0.05, 0.1) is 6.54 Å². The lowest BCUT2D eigenvalue weighted by Gasteiger charge is -2.11. The Labute approximate surface area is 134 Å². The van der Waals surface area contributed by atoms with Crippen LogP contribution in [0.25, 0.3) is 0 Å². The summed E-state index contributed by atoms with van der Waals surface area (Å²) in [6, 6.07) is 2.71. The third kappa shape index (κ3) is 3.65. The van der Waals surface area contributed by atoms with Crippen LogP contribution < -0.4 is 10.6 Å². The highest BCUT2D eigenvalue weighted by atomic mass is 32.1. The summed E-state index contributed by atoms with van der Waals surface area (Å²) in [6.45, 7) is 5.42. The standard InChI is InChI=1S/C15H22N6S/c1-10-6-7-22-13(10)8-16-15(18-12-4-5-12)17-9-14-20-19-11(2)21(14)3/h6-7,12H,4-5,8-9H2,1-3H3,(H2,16,17,18). The van der Waals surface area contributed by atoms with Crippen molar-refractivity contribution in [3.05, 3.63) is 33.5 Å². The first kappa shape index (κ1) is 15.0. The lowest BCUT2D eigenvalue weighted by molar-refractivity contribution is 0.751. The number of nitrogens with one attached hydrogen (secondary N) is 2. The van der Waals surface area contributed by atoms with Crippen molar-refractivity contribution >= 4 is 17.3 Å². The van der Waals surface area contributed by atoms with Crippen LogP contribution in [0.5, 0.6) is 0 Å². The van der Waals surface area contributed by atoms with Crippen molar-refractivity contribution in [1.82, 2.24) is 25.4 Å². The number of thiophene rings is 1. The summed E-state index contributed by atoms with van der Waals surface area (Å²) in [5.74, 6) is 2.64.